The molecule has 0 aliphatic carbocycles. The quantitative estimate of drug-likeness (QED) is 0.390. The average molecular weight is 276 g/mol. The van der Waals surface area contributed by atoms with Gasteiger partial charge in [0.1, 0.15) is 6.61 Å². The molecule has 5 nitrogen and oxygen atoms in total. The monoisotopic (exact) mass is 276 g/mol. The van der Waals surface area contributed by atoms with Crippen LogP contribution in [-0.2, 0) is 9.53 Å². The number of aliphatic hydroxyl groups is 3. The maximum Gasteiger partial charge on any atom is 0.334 e. The predicted octanol–water partition coefficient (Wildman–Crippen LogP) is 1.24. The van der Waals surface area contributed by atoms with Gasteiger partial charge in [0.05, 0.1) is 18.6 Å². The molecule has 0 spiro atoms. The summed E-state index contributed by atoms with van der Waals surface area (Å²) in [5, 5.41) is 28.1. The largest absolute Gasteiger partial charge is 0.463 e. The third-order valence-corrected chi connectivity index (χ3v) is 3.54. The van der Waals surface area contributed by atoms with E-state index in [1.54, 1.807) is 6.92 Å². The van der Waals surface area contributed by atoms with E-state index in [-0.39, 0.29) is 19.8 Å². The molecule has 1 atom stereocenters. The molecule has 0 heterocycles. The number of ether oxygens (including phenoxy) is 1. The minimum Gasteiger partial charge on any atom is -0.463 e. The van der Waals surface area contributed by atoms with Crippen molar-refractivity contribution in [1.82, 2.24) is 0 Å². The van der Waals surface area contributed by atoms with E-state index in [0.29, 0.717) is 12.8 Å². The number of esters is 1. The van der Waals surface area contributed by atoms with Gasteiger partial charge in [-0.1, -0.05) is 39.5 Å². The zero-order valence-corrected chi connectivity index (χ0v) is 12.1. The molecule has 5 heteroatoms. The number of hydrogen-bond acceptors (Lipinski definition) is 5. The molecule has 0 aliphatic heterocycles. The second-order valence-corrected chi connectivity index (χ2v) is 5.14. The van der Waals surface area contributed by atoms with Gasteiger partial charge in [-0.25, -0.2) is 4.79 Å². The normalized spacial score (nSPS) is 13.3. The summed E-state index contributed by atoms with van der Waals surface area (Å²) in [7, 11) is 0. The lowest BCUT2D eigenvalue weighted by atomic mass is 9.88. The van der Waals surface area contributed by atoms with Crippen LogP contribution in [0.25, 0.3) is 0 Å². The zero-order valence-electron chi connectivity index (χ0n) is 12.1. The summed E-state index contributed by atoms with van der Waals surface area (Å²) >= 11 is 0. The maximum atomic E-state index is 11.6. The first-order chi connectivity index (χ1) is 9.05. The van der Waals surface area contributed by atoms with Crippen molar-refractivity contribution in [3.05, 3.63) is 0 Å². The molecule has 0 aromatic carbocycles. The topological polar surface area (TPSA) is 87.0 Å². The number of unbranched alkanes of at least 4 members (excludes halogenated alkanes) is 3. The number of hydrogen-bond donors (Lipinski definition) is 3. The summed E-state index contributed by atoms with van der Waals surface area (Å²) < 4.78 is 4.99. The van der Waals surface area contributed by atoms with Gasteiger partial charge in [0.25, 0.3) is 0 Å². The van der Waals surface area contributed by atoms with Gasteiger partial charge >= 0.3 is 5.97 Å². The SMILES string of the molecule is CCCCCCC(O)C(=O)OCC(CC)(CO)CO. The molecule has 3 N–H and O–H groups in total. The highest BCUT2D eigenvalue weighted by atomic mass is 16.5. The zero-order chi connectivity index (χ0) is 14.7. The van der Waals surface area contributed by atoms with Crippen LogP contribution < -0.4 is 0 Å². The summed E-state index contributed by atoms with van der Waals surface area (Å²) in [5.41, 5.74) is -0.808. The molecule has 0 saturated heterocycles. The van der Waals surface area contributed by atoms with E-state index in [4.69, 9.17) is 4.74 Å². The van der Waals surface area contributed by atoms with Crippen LogP contribution in [0.4, 0.5) is 0 Å². The molecule has 0 aromatic heterocycles. The predicted molar refractivity (Wildman–Crippen MR) is 72.6 cm³/mol. The smallest absolute Gasteiger partial charge is 0.334 e. The molecule has 0 aromatic rings. The van der Waals surface area contributed by atoms with Crippen molar-refractivity contribution in [2.45, 2.75) is 58.5 Å². The van der Waals surface area contributed by atoms with E-state index < -0.39 is 17.5 Å². The first-order valence-corrected chi connectivity index (χ1v) is 7.11. The van der Waals surface area contributed by atoms with Crippen molar-refractivity contribution < 1.29 is 24.9 Å². The van der Waals surface area contributed by atoms with Gasteiger partial charge in [-0.05, 0) is 12.8 Å². The van der Waals surface area contributed by atoms with Crippen LogP contribution in [0.1, 0.15) is 52.4 Å². The second kappa shape index (κ2) is 10.2. The fourth-order valence-corrected chi connectivity index (χ4v) is 1.67. The fourth-order valence-electron chi connectivity index (χ4n) is 1.67. The Morgan fingerprint density at radius 1 is 1.16 bits per heavy atom. The molecule has 0 radical (unpaired) electrons. The minimum absolute atomic E-state index is 0.0681. The highest BCUT2D eigenvalue weighted by molar-refractivity contribution is 5.74. The van der Waals surface area contributed by atoms with Gasteiger partial charge < -0.3 is 20.1 Å². The molecule has 0 bridgehead atoms. The Bertz CT molecular complexity index is 230. The minimum atomic E-state index is -1.11. The highest BCUT2D eigenvalue weighted by Crippen LogP contribution is 2.21. The van der Waals surface area contributed by atoms with E-state index in [1.165, 1.54) is 0 Å². The van der Waals surface area contributed by atoms with Crippen LogP contribution in [-0.4, -0.2) is 47.2 Å². The molecule has 114 valence electrons. The van der Waals surface area contributed by atoms with Crippen LogP contribution in [0.5, 0.6) is 0 Å². The molecule has 0 amide bonds. The van der Waals surface area contributed by atoms with Crippen LogP contribution in [0, 0.1) is 5.41 Å². The number of aliphatic hydroxyl groups excluding tert-OH is 3. The Balaban J connectivity index is 4.01. The third-order valence-electron chi connectivity index (χ3n) is 3.54. The average Bonchev–Trinajstić information content (AvgIpc) is 2.45. The van der Waals surface area contributed by atoms with Crippen LogP contribution in [0.15, 0.2) is 0 Å². The Hall–Kier alpha value is -0.650. The van der Waals surface area contributed by atoms with Crippen LogP contribution in [0.2, 0.25) is 0 Å². The summed E-state index contributed by atoms with van der Waals surface area (Å²) in [4.78, 5) is 11.6. The molecule has 0 rings (SSSR count). The summed E-state index contributed by atoms with van der Waals surface area (Å²) in [6, 6.07) is 0. The Morgan fingerprint density at radius 3 is 2.26 bits per heavy atom. The van der Waals surface area contributed by atoms with Crippen molar-refractivity contribution in [2.24, 2.45) is 5.41 Å². The number of carbonyl (C=O) groups is 1. The summed E-state index contributed by atoms with van der Waals surface area (Å²) in [5.74, 6) is -0.670. The van der Waals surface area contributed by atoms with Crippen molar-refractivity contribution in [3.63, 3.8) is 0 Å². The molecular formula is C14H28O5. The first-order valence-electron chi connectivity index (χ1n) is 7.11. The summed E-state index contributed by atoms with van der Waals surface area (Å²) in [6.07, 6.45) is 3.78. The Morgan fingerprint density at radius 2 is 1.79 bits per heavy atom. The van der Waals surface area contributed by atoms with Crippen molar-refractivity contribution >= 4 is 5.97 Å². The summed E-state index contributed by atoms with van der Waals surface area (Å²) in [6.45, 7) is 3.33. The molecule has 0 aliphatic rings. The second-order valence-electron chi connectivity index (χ2n) is 5.14. The number of rotatable bonds is 11. The van der Waals surface area contributed by atoms with Gasteiger partial charge in [-0.2, -0.15) is 0 Å². The number of carbonyl (C=O) groups excluding carboxylic acids is 1. The molecular weight excluding hydrogens is 248 g/mol. The van der Waals surface area contributed by atoms with Gasteiger partial charge in [-0.3, -0.25) is 0 Å². The first kappa shape index (κ1) is 18.4. The lowest BCUT2D eigenvalue weighted by Gasteiger charge is -2.27. The standard InChI is InChI=1S/C14H28O5/c1-3-5-6-7-8-12(17)13(18)19-11-14(4-2,9-15)10-16/h12,15-17H,3-11H2,1-2H3. The van der Waals surface area contributed by atoms with Gasteiger partial charge in [0.2, 0.25) is 0 Å². The third kappa shape index (κ3) is 6.89. The maximum absolute atomic E-state index is 11.6. The van der Waals surface area contributed by atoms with Gasteiger partial charge in [0.15, 0.2) is 6.10 Å². The van der Waals surface area contributed by atoms with Gasteiger partial charge in [-0.15, -0.1) is 0 Å². The molecule has 1 unspecified atom stereocenters. The van der Waals surface area contributed by atoms with E-state index in [0.717, 1.165) is 25.7 Å². The highest BCUT2D eigenvalue weighted by Gasteiger charge is 2.29. The lowest BCUT2D eigenvalue weighted by molar-refractivity contribution is -0.160. The Kier molecular flexibility index (Phi) is 9.83. The van der Waals surface area contributed by atoms with E-state index >= 15 is 0 Å². The lowest BCUT2D eigenvalue weighted by Crippen LogP contribution is -2.37. The van der Waals surface area contributed by atoms with Gasteiger partial charge in [0, 0.05) is 0 Å². The van der Waals surface area contributed by atoms with E-state index in [9.17, 15) is 20.1 Å². The van der Waals surface area contributed by atoms with Crippen molar-refractivity contribution in [3.8, 4) is 0 Å². The molecule has 0 saturated carbocycles. The van der Waals surface area contributed by atoms with E-state index in [1.807, 2.05) is 0 Å². The Labute approximate surface area is 115 Å². The van der Waals surface area contributed by atoms with Crippen LogP contribution >= 0.6 is 0 Å². The molecule has 0 fully saturated rings. The van der Waals surface area contributed by atoms with Crippen LogP contribution in [0.3, 0.4) is 0 Å². The fraction of sp³-hybridized carbons (Fsp3) is 0.929. The molecule has 19 heavy (non-hydrogen) atoms. The van der Waals surface area contributed by atoms with Crippen molar-refractivity contribution in [1.29, 1.82) is 0 Å². The van der Waals surface area contributed by atoms with E-state index in [2.05, 4.69) is 6.92 Å². The van der Waals surface area contributed by atoms with Crippen molar-refractivity contribution in [2.75, 3.05) is 19.8 Å².